The van der Waals surface area contributed by atoms with Gasteiger partial charge in [0.15, 0.2) is 0 Å². The molecule has 0 spiro atoms. The van der Waals surface area contributed by atoms with Crippen molar-refractivity contribution in [1.82, 2.24) is 9.88 Å². The van der Waals surface area contributed by atoms with E-state index in [1.165, 1.54) is 17.4 Å². The Morgan fingerprint density at radius 1 is 1.22 bits per heavy atom. The predicted molar refractivity (Wildman–Crippen MR) is 118 cm³/mol. The van der Waals surface area contributed by atoms with Gasteiger partial charge in [-0.1, -0.05) is 6.07 Å². The number of carbonyl (C=O) groups excluding carboxylic acids is 1. The average molecular weight is 465 g/mol. The molecule has 0 bridgehead atoms. The van der Waals surface area contributed by atoms with Crippen molar-refractivity contribution in [2.75, 3.05) is 43.4 Å². The molecule has 0 aliphatic carbocycles. The van der Waals surface area contributed by atoms with Crippen molar-refractivity contribution >= 4 is 28.6 Å². The zero-order valence-electron chi connectivity index (χ0n) is 17.7. The fourth-order valence-corrected chi connectivity index (χ4v) is 4.23. The highest BCUT2D eigenvalue weighted by molar-refractivity contribution is 7.13. The maximum Gasteiger partial charge on any atom is 0.418 e. The van der Waals surface area contributed by atoms with E-state index in [-0.39, 0.29) is 12.1 Å². The number of anilines is 2. The summed E-state index contributed by atoms with van der Waals surface area (Å²) in [4.78, 5) is 21.8. The first-order chi connectivity index (χ1) is 15.2. The van der Waals surface area contributed by atoms with E-state index in [0.717, 1.165) is 24.0 Å². The first kappa shape index (κ1) is 22.3. The third-order valence-electron chi connectivity index (χ3n) is 5.40. The lowest BCUT2D eigenvalue weighted by atomic mass is 10.1. The van der Waals surface area contributed by atoms with Crippen molar-refractivity contribution in [1.29, 1.82) is 0 Å². The summed E-state index contributed by atoms with van der Waals surface area (Å²) >= 11 is 1.45. The summed E-state index contributed by atoms with van der Waals surface area (Å²) < 4.78 is 46.9. The van der Waals surface area contributed by atoms with Crippen molar-refractivity contribution < 1.29 is 22.4 Å². The first-order valence-electron chi connectivity index (χ1n) is 10.2. The molecular formula is C22H23F3N4O2S. The second-order valence-electron chi connectivity index (χ2n) is 7.74. The number of thiophene rings is 1. The van der Waals surface area contributed by atoms with Gasteiger partial charge >= 0.3 is 6.18 Å². The number of carbonyl (C=O) groups is 1. The second-order valence-corrected chi connectivity index (χ2v) is 8.69. The van der Waals surface area contributed by atoms with E-state index in [4.69, 9.17) is 4.42 Å². The van der Waals surface area contributed by atoms with E-state index in [1.807, 2.05) is 29.5 Å². The van der Waals surface area contributed by atoms with Gasteiger partial charge in [-0.3, -0.25) is 4.79 Å². The van der Waals surface area contributed by atoms with Crippen molar-refractivity contribution in [2.24, 2.45) is 0 Å². The number of amides is 1. The number of hydrogen-bond donors (Lipinski definition) is 1. The molecular weight excluding hydrogens is 441 g/mol. The summed E-state index contributed by atoms with van der Waals surface area (Å²) in [6, 6.07) is 7.75. The fraction of sp³-hybridized carbons (Fsp3) is 0.364. The summed E-state index contributed by atoms with van der Waals surface area (Å²) in [6.07, 6.45) is -4.78. The third-order valence-corrected chi connectivity index (χ3v) is 6.26. The Hall–Kier alpha value is -2.85. The number of hydrogen-bond acceptors (Lipinski definition) is 6. The van der Waals surface area contributed by atoms with E-state index in [0.29, 0.717) is 36.1 Å². The molecule has 1 saturated heterocycles. The zero-order valence-corrected chi connectivity index (χ0v) is 18.5. The van der Waals surface area contributed by atoms with Gasteiger partial charge in [0.2, 0.25) is 11.8 Å². The van der Waals surface area contributed by atoms with Gasteiger partial charge in [0.25, 0.3) is 0 Å². The average Bonchev–Trinajstić information content (AvgIpc) is 3.38. The van der Waals surface area contributed by atoms with Crippen LogP contribution in [0.3, 0.4) is 0 Å². The number of nitrogens with zero attached hydrogens (tertiary/aromatic N) is 3. The van der Waals surface area contributed by atoms with Crippen LogP contribution in [0.15, 0.2) is 40.1 Å². The largest absolute Gasteiger partial charge is 0.440 e. The minimum atomic E-state index is -4.60. The number of rotatable bonds is 5. The molecule has 0 saturated carbocycles. The van der Waals surface area contributed by atoms with Crippen LogP contribution in [0.2, 0.25) is 0 Å². The lowest BCUT2D eigenvalue weighted by molar-refractivity contribution is -0.136. The molecule has 0 unspecified atom stereocenters. The monoisotopic (exact) mass is 464 g/mol. The van der Waals surface area contributed by atoms with Crippen LogP contribution in [0.4, 0.5) is 24.5 Å². The quantitative estimate of drug-likeness (QED) is 0.595. The lowest BCUT2D eigenvalue weighted by Crippen LogP contribution is -2.44. The predicted octanol–water partition coefficient (Wildman–Crippen LogP) is 4.66. The number of nitrogens with one attached hydrogen (secondary N) is 1. The van der Waals surface area contributed by atoms with E-state index in [9.17, 15) is 18.0 Å². The SMILES string of the molecule is Cc1oc(-c2cccs2)nc1CC(=O)Nc1ccc(N2CCN(C)CC2)cc1C(F)(F)F. The molecule has 1 aliphatic heterocycles. The molecule has 1 aliphatic rings. The zero-order chi connectivity index (χ0) is 22.9. The molecule has 6 nitrogen and oxygen atoms in total. The number of aryl methyl sites for hydroxylation is 1. The molecule has 1 amide bonds. The van der Waals surface area contributed by atoms with Crippen molar-refractivity contribution in [3.63, 3.8) is 0 Å². The van der Waals surface area contributed by atoms with E-state index >= 15 is 0 Å². The Labute approximate surface area is 187 Å². The van der Waals surface area contributed by atoms with Crippen LogP contribution in [0.1, 0.15) is 17.0 Å². The Bertz CT molecular complexity index is 1090. The Balaban J connectivity index is 1.51. The third kappa shape index (κ3) is 4.97. The standard InChI is InChI=1S/C22H23F3N4O2S/c1-14-18(27-21(31-14)19-4-3-11-32-19)13-20(30)26-17-6-5-15(12-16(17)22(23,24)25)29-9-7-28(2)8-10-29/h3-6,11-12H,7-10,13H2,1-2H3,(H,26,30). The number of oxazole rings is 1. The highest BCUT2D eigenvalue weighted by Crippen LogP contribution is 2.37. The first-order valence-corrected chi connectivity index (χ1v) is 11.0. The number of halogens is 3. The summed E-state index contributed by atoms with van der Waals surface area (Å²) in [6.45, 7) is 4.54. The van der Waals surface area contributed by atoms with E-state index < -0.39 is 17.6 Å². The van der Waals surface area contributed by atoms with Crippen LogP contribution in [0.25, 0.3) is 10.8 Å². The molecule has 1 aromatic carbocycles. The van der Waals surface area contributed by atoms with Crippen molar-refractivity contribution in [2.45, 2.75) is 19.5 Å². The molecule has 1 fully saturated rings. The maximum absolute atomic E-state index is 13.8. The maximum atomic E-state index is 13.8. The highest BCUT2D eigenvalue weighted by Gasteiger charge is 2.35. The van der Waals surface area contributed by atoms with Crippen molar-refractivity contribution in [3.05, 3.63) is 52.7 Å². The van der Waals surface area contributed by atoms with Crippen LogP contribution in [0, 0.1) is 6.92 Å². The van der Waals surface area contributed by atoms with E-state index in [1.54, 1.807) is 13.0 Å². The smallest absolute Gasteiger partial charge is 0.418 e. The summed E-state index contributed by atoms with van der Waals surface area (Å²) in [5.41, 5.74) is -0.233. The minimum absolute atomic E-state index is 0.182. The van der Waals surface area contributed by atoms with Gasteiger partial charge in [-0.15, -0.1) is 11.3 Å². The molecule has 3 aromatic rings. The van der Waals surface area contributed by atoms with Crippen LogP contribution < -0.4 is 10.2 Å². The van der Waals surface area contributed by atoms with Gasteiger partial charge in [0.05, 0.1) is 28.2 Å². The summed E-state index contributed by atoms with van der Waals surface area (Å²) in [5.74, 6) is 0.273. The van der Waals surface area contributed by atoms with Crippen LogP contribution in [-0.2, 0) is 17.4 Å². The van der Waals surface area contributed by atoms with Gasteiger partial charge in [-0.05, 0) is 43.6 Å². The molecule has 2 aromatic heterocycles. The van der Waals surface area contributed by atoms with Crippen molar-refractivity contribution in [3.8, 4) is 10.8 Å². The molecule has 0 radical (unpaired) electrons. The molecule has 10 heteroatoms. The van der Waals surface area contributed by atoms with Gasteiger partial charge in [0.1, 0.15) is 5.76 Å². The molecule has 170 valence electrons. The van der Waals surface area contributed by atoms with Gasteiger partial charge < -0.3 is 19.5 Å². The Morgan fingerprint density at radius 2 is 1.97 bits per heavy atom. The lowest BCUT2D eigenvalue weighted by Gasteiger charge is -2.34. The number of aromatic nitrogens is 1. The number of benzene rings is 1. The molecule has 3 heterocycles. The molecule has 32 heavy (non-hydrogen) atoms. The minimum Gasteiger partial charge on any atom is -0.440 e. The number of piperazine rings is 1. The Kier molecular flexibility index (Phi) is 6.25. The van der Waals surface area contributed by atoms with Crippen LogP contribution in [-0.4, -0.2) is 49.0 Å². The topological polar surface area (TPSA) is 61.6 Å². The number of alkyl halides is 3. The van der Waals surface area contributed by atoms with Gasteiger partial charge in [-0.2, -0.15) is 13.2 Å². The molecule has 0 atom stereocenters. The van der Waals surface area contributed by atoms with Crippen LogP contribution >= 0.6 is 11.3 Å². The van der Waals surface area contributed by atoms with E-state index in [2.05, 4.69) is 15.2 Å². The molecule has 1 N–H and O–H groups in total. The van der Waals surface area contributed by atoms with Gasteiger partial charge in [0, 0.05) is 31.9 Å². The summed E-state index contributed by atoms with van der Waals surface area (Å²) in [7, 11) is 1.98. The number of likely N-dealkylation sites (N-methyl/N-ethyl adjacent to an activating group) is 1. The second kappa shape index (κ2) is 8.95. The molecule has 4 rings (SSSR count). The van der Waals surface area contributed by atoms with Gasteiger partial charge in [-0.25, -0.2) is 4.98 Å². The summed E-state index contributed by atoms with van der Waals surface area (Å²) in [5, 5.41) is 4.29. The van der Waals surface area contributed by atoms with Crippen LogP contribution in [0.5, 0.6) is 0 Å². The Morgan fingerprint density at radius 3 is 2.62 bits per heavy atom. The highest BCUT2D eigenvalue weighted by atomic mass is 32.1. The fourth-order valence-electron chi connectivity index (χ4n) is 3.58. The normalized spacial score (nSPS) is 15.2.